The molecule has 0 atom stereocenters. The number of carbonyl (C=O) groups excluding carboxylic acids is 1. The molecule has 2 rings (SSSR count). The summed E-state index contributed by atoms with van der Waals surface area (Å²) in [5, 5.41) is 0. The predicted molar refractivity (Wildman–Crippen MR) is 85.9 cm³/mol. The van der Waals surface area contributed by atoms with E-state index in [1.807, 2.05) is 45.0 Å². The highest BCUT2D eigenvalue weighted by Crippen LogP contribution is 2.31. The standard InChI is InChI=1S/C17H26N2O3/c1-16(2,3)22-15(20)19-11-9-17(18,10-12-19)13-5-7-14(21-4)8-6-13/h5-8H,9-12,18H2,1-4H3. The Hall–Kier alpha value is -1.75. The van der Waals surface area contributed by atoms with Gasteiger partial charge in [-0.1, -0.05) is 12.1 Å². The van der Waals surface area contributed by atoms with Crippen LogP contribution in [0.5, 0.6) is 5.75 Å². The molecule has 1 aliphatic heterocycles. The van der Waals surface area contributed by atoms with E-state index >= 15 is 0 Å². The van der Waals surface area contributed by atoms with Gasteiger partial charge in [-0.2, -0.15) is 0 Å². The molecule has 1 fully saturated rings. The highest BCUT2D eigenvalue weighted by molar-refractivity contribution is 5.68. The van der Waals surface area contributed by atoms with Gasteiger partial charge in [0.15, 0.2) is 0 Å². The van der Waals surface area contributed by atoms with Crippen molar-refractivity contribution >= 4 is 6.09 Å². The largest absolute Gasteiger partial charge is 0.497 e. The summed E-state index contributed by atoms with van der Waals surface area (Å²) >= 11 is 0. The van der Waals surface area contributed by atoms with E-state index in [-0.39, 0.29) is 6.09 Å². The molecule has 1 heterocycles. The van der Waals surface area contributed by atoms with Crippen molar-refractivity contribution in [2.75, 3.05) is 20.2 Å². The first kappa shape index (κ1) is 16.6. The molecule has 122 valence electrons. The van der Waals surface area contributed by atoms with Crippen LogP contribution in [-0.4, -0.2) is 36.8 Å². The molecule has 0 unspecified atom stereocenters. The van der Waals surface area contributed by atoms with E-state index in [4.69, 9.17) is 15.2 Å². The first-order valence-corrected chi connectivity index (χ1v) is 7.65. The first-order valence-electron chi connectivity index (χ1n) is 7.65. The van der Waals surface area contributed by atoms with Crippen LogP contribution in [-0.2, 0) is 10.3 Å². The quantitative estimate of drug-likeness (QED) is 0.912. The maximum absolute atomic E-state index is 12.1. The number of hydrogen-bond acceptors (Lipinski definition) is 4. The van der Waals surface area contributed by atoms with Crippen molar-refractivity contribution in [2.24, 2.45) is 5.73 Å². The van der Waals surface area contributed by atoms with Gasteiger partial charge in [0.1, 0.15) is 11.4 Å². The number of rotatable bonds is 2. The topological polar surface area (TPSA) is 64.8 Å². The Morgan fingerprint density at radius 2 is 1.73 bits per heavy atom. The molecule has 0 saturated carbocycles. The van der Waals surface area contributed by atoms with E-state index in [9.17, 15) is 4.79 Å². The van der Waals surface area contributed by atoms with Crippen molar-refractivity contribution in [3.63, 3.8) is 0 Å². The lowest BCUT2D eigenvalue weighted by Gasteiger charge is -2.39. The molecular weight excluding hydrogens is 280 g/mol. The van der Waals surface area contributed by atoms with Crippen LogP contribution < -0.4 is 10.5 Å². The highest BCUT2D eigenvalue weighted by atomic mass is 16.6. The zero-order chi connectivity index (χ0) is 16.4. The molecule has 0 aromatic heterocycles. The molecule has 0 spiro atoms. The highest BCUT2D eigenvalue weighted by Gasteiger charge is 2.35. The van der Waals surface area contributed by atoms with Gasteiger partial charge in [0, 0.05) is 18.6 Å². The van der Waals surface area contributed by atoms with E-state index in [0.29, 0.717) is 13.1 Å². The second-order valence-corrected chi connectivity index (χ2v) is 6.85. The van der Waals surface area contributed by atoms with E-state index in [2.05, 4.69) is 0 Å². The van der Waals surface area contributed by atoms with Gasteiger partial charge in [0.25, 0.3) is 0 Å². The van der Waals surface area contributed by atoms with Gasteiger partial charge in [-0.05, 0) is 51.3 Å². The lowest BCUT2D eigenvalue weighted by Crippen LogP contribution is -2.50. The van der Waals surface area contributed by atoms with Gasteiger partial charge >= 0.3 is 6.09 Å². The van der Waals surface area contributed by atoms with Crippen LogP contribution >= 0.6 is 0 Å². The second-order valence-electron chi connectivity index (χ2n) is 6.85. The van der Waals surface area contributed by atoms with E-state index < -0.39 is 11.1 Å². The molecule has 2 N–H and O–H groups in total. The van der Waals surface area contributed by atoms with Crippen LogP contribution in [0.1, 0.15) is 39.2 Å². The molecular formula is C17H26N2O3. The number of likely N-dealkylation sites (tertiary alicyclic amines) is 1. The minimum Gasteiger partial charge on any atom is -0.497 e. The SMILES string of the molecule is COc1ccc(C2(N)CCN(C(=O)OC(C)(C)C)CC2)cc1. The smallest absolute Gasteiger partial charge is 0.410 e. The number of methoxy groups -OCH3 is 1. The number of carbonyl (C=O) groups is 1. The van der Waals surface area contributed by atoms with Crippen molar-refractivity contribution in [3.8, 4) is 5.75 Å². The summed E-state index contributed by atoms with van der Waals surface area (Å²) in [7, 11) is 1.65. The van der Waals surface area contributed by atoms with E-state index in [1.165, 1.54) is 0 Å². The van der Waals surface area contributed by atoms with Gasteiger partial charge in [-0.3, -0.25) is 0 Å². The van der Waals surface area contributed by atoms with Crippen LogP contribution in [0.3, 0.4) is 0 Å². The Bertz CT molecular complexity index is 512. The summed E-state index contributed by atoms with van der Waals surface area (Å²) in [6, 6.07) is 7.85. The Kier molecular flexibility index (Phi) is 4.66. The molecule has 0 aliphatic carbocycles. The van der Waals surface area contributed by atoms with E-state index in [1.54, 1.807) is 12.0 Å². The normalized spacial score (nSPS) is 18.0. The molecule has 0 bridgehead atoms. The molecule has 1 amide bonds. The Labute approximate surface area is 132 Å². The molecule has 5 heteroatoms. The number of nitrogens with two attached hydrogens (primary N) is 1. The summed E-state index contributed by atoms with van der Waals surface area (Å²) in [5.41, 5.74) is 6.76. The van der Waals surface area contributed by atoms with Gasteiger partial charge in [0.2, 0.25) is 0 Å². The minimum atomic E-state index is -0.468. The van der Waals surface area contributed by atoms with Crippen LogP contribution in [0.4, 0.5) is 4.79 Å². The minimum absolute atomic E-state index is 0.260. The Balaban J connectivity index is 1.99. The third kappa shape index (κ3) is 3.91. The summed E-state index contributed by atoms with van der Waals surface area (Å²) in [4.78, 5) is 13.8. The number of nitrogens with zero attached hydrogens (tertiary/aromatic N) is 1. The van der Waals surface area contributed by atoms with Crippen molar-refractivity contribution in [3.05, 3.63) is 29.8 Å². The zero-order valence-corrected chi connectivity index (χ0v) is 13.9. The van der Waals surface area contributed by atoms with E-state index in [0.717, 1.165) is 24.2 Å². The number of hydrogen-bond donors (Lipinski definition) is 1. The molecule has 1 aliphatic rings. The van der Waals surface area contributed by atoms with Gasteiger partial charge < -0.3 is 20.1 Å². The third-order valence-corrected chi connectivity index (χ3v) is 3.97. The average Bonchev–Trinajstić information content (AvgIpc) is 2.46. The third-order valence-electron chi connectivity index (χ3n) is 3.97. The molecule has 0 radical (unpaired) electrons. The fourth-order valence-corrected chi connectivity index (χ4v) is 2.63. The number of piperidine rings is 1. The fraction of sp³-hybridized carbons (Fsp3) is 0.588. The van der Waals surface area contributed by atoms with Crippen molar-refractivity contribution in [2.45, 2.75) is 44.8 Å². The van der Waals surface area contributed by atoms with Gasteiger partial charge in [-0.25, -0.2) is 4.79 Å². The van der Waals surface area contributed by atoms with Crippen LogP contribution in [0.25, 0.3) is 0 Å². The molecule has 5 nitrogen and oxygen atoms in total. The summed E-state index contributed by atoms with van der Waals surface area (Å²) in [6.45, 7) is 6.84. The first-order chi connectivity index (χ1) is 10.2. The second kappa shape index (κ2) is 6.16. The van der Waals surface area contributed by atoms with Crippen molar-refractivity contribution in [1.82, 2.24) is 4.90 Å². The predicted octanol–water partition coefficient (Wildman–Crippen LogP) is 2.88. The molecule has 1 saturated heterocycles. The summed E-state index contributed by atoms with van der Waals surface area (Å²) in [5.74, 6) is 0.818. The molecule has 1 aromatic carbocycles. The van der Waals surface area contributed by atoms with Crippen LogP contribution in [0.15, 0.2) is 24.3 Å². The van der Waals surface area contributed by atoms with Crippen LogP contribution in [0.2, 0.25) is 0 Å². The van der Waals surface area contributed by atoms with Gasteiger partial charge in [0.05, 0.1) is 7.11 Å². The molecule has 22 heavy (non-hydrogen) atoms. The Morgan fingerprint density at radius 1 is 1.18 bits per heavy atom. The summed E-state index contributed by atoms with van der Waals surface area (Å²) in [6.07, 6.45) is 1.18. The monoisotopic (exact) mass is 306 g/mol. The molecule has 1 aromatic rings. The van der Waals surface area contributed by atoms with Gasteiger partial charge in [-0.15, -0.1) is 0 Å². The van der Waals surface area contributed by atoms with Crippen molar-refractivity contribution < 1.29 is 14.3 Å². The fourth-order valence-electron chi connectivity index (χ4n) is 2.63. The maximum Gasteiger partial charge on any atom is 0.410 e. The number of amides is 1. The van der Waals surface area contributed by atoms with Crippen molar-refractivity contribution in [1.29, 1.82) is 0 Å². The van der Waals surface area contributed by atoms with Crippen LogP contribution in [0, 0.1) is 0 Å². The average molecular weight is 306 g/mol. The number of ether oxygens (including phenoxy) is 2. The lowest BCUT2D eigenvalue weighted by atomic mass is 9.82. The zero-order valence-electron chi connectivity index (χ0n) is 13.9. The number of benzene rings is 1. The maximum atomic E-state index is 12.1. The lowest BCUT2D eigenvalue weighted by molar-refractivity contribution is 0.0166. The Morgan fingerprint density at radius 3 is 2.18 bits per heavy atom. The summed E-state index contributed by atoms with van der Waals surface area (Å²) < 4.78 is 10.6.